The van der Waals surface area contributed by atoms with Gasteiger partial charge in [0.2, 0.25) is 0 Å². The van der Waals surface area contributed by atoms with Gasteiger partial charge in [-0.3, -0.25) is 14.9 Å². The zero-order valence-electron chi connectivity index (χ0n) is 9.99. The Kier molecular flexibility index (Phi) is 3.04. The minimum atomic E-state index is -1.63. The van der Waals surface area contributed by atoms with Crippen LogP contribution < -0.4 is 0 Å². The van der Waals surface area contributed by atoms with Crippen molar-refractivity contribution in [2.75, 3.05) is 0 Å². The molecule has 98 valence electrons. The number of aryl methyl sites for hydroxylation is 1. The van der Waals surface area contributed by atoms with Crippen LogP contribution in [-0.4, -0.2) is 26.3 Å². The minimum Gasteiger partial charge on any atom is -0.475 e. The van der Waals surface area contributed by atoms with E-state index in [0.29, 0.717) is 12.1 Å². The molecule has 0 radical (unpaired) electrons. The van der Waals surface area contributed by atoms with Crippen LogP contribution in [0.3, 0.4) is 0 Å². The normalized spacial score (nSPS) is 10.6. The molecule has 2 rings (SSSR count). The number of Topliss-reactive ketones (excluding diaryl/α,β-unsaturated/α-hetero) is 1. The average Bonchev–Trinajstić information content (AvgIpc) is 2.75. The number of hydrogen-bond acceptors (Lipinski definition) is 4. The van der Waals surface area contributed by atoms with Crippen molar-refractivity contribution in [2.45, 2.75) is 13.5 Å². The lowest BCUT2D eigenvalue weighted by Gasteiger charge is -1.99. The van der Waals surface area contributed by atoms with Crippen molar-refractivity contribution >= 4 is 28.3 Å². The molecule has 1 N–H and O–H groups in total. The van der Waals surface area contributed by atoms with Crippen molar-refractivity contribution in [3.63, 3.8) is 0 Å². The number of rotatable bonds is 4. The van der Waals surface area contributed by atoms with Gasteiger partial charge in [-0.1, -0.05) is 6.07 Å². The fourth-order valence-corrected chi connectivity index (χ4v) is 2.03. The second kappa shape index (κ2) is 4.52. The Morgan fingerprint density at radius 1 is 1.42 bits per heavy atom. The standard InChI is InChI=1S/C12H10N2O5/c1-2-13-6-7(11(15)12(16)17)10-8(13)4-3-5-9(10)14(18)19/h3-6H,2H2,1H3,(H,16,17). The summed E-state index contributed by atoms with van der Waals surface area (Å²) >= 11 is 0. The van der Waals surface area contributed by atoms with E-state index in [1.807, 2.05) is 0 Å². The van der Waals surface area contributed by atoms with E-state index in [4.69, 9.17) is 5.11 Å². The van der Waals surface area contributed by atoms with E-state index in [-0.39, 0.29) is 16.6 Å². The van der Waals surface area contributed by atoms with Crippen LogP contribution in [0.4, 0.5) is 5.69 Å². The van der Waals surface area contributed by atoms with Gasteiger partial charge in [0.25, 0.3) is 11.5 Å². The molecule has 0 saturated carbocycles. The van der Waals surface area contributed by atoms with Crippen molar-refractivity contribution in [2.24, 2.45) is 0 Å². The number of aromatic nitrogens is 1. The number of nitro groups is 1. The van der Waals surface area contributed by atoms with Crippen molar-refractivity contribution in [1.82, 2.24) is 4.57 Å². The number of benzene rings is 1. The summed E-state index contributed by atoms with van der Waals surface area (Å²) in [5.74, 6) is -2.78. The van der Waals surface area contributed by atoms with E-state index in [1.165, 1.54) is 18.3 Å². The Labute approximate surface area is 107 Å². The number of aliphatic carboxylic acids is 1. The SMILES string of the molecule is CCn1cc(C(=O)C(=O)O)c2c([N+](=O)[O-])cccc21. The first-order chi connectivity index (χ1) is 8.97. The van der Waals surface area contributed by atoms with Crippen molar-refractivity contribution in [1.29, 1.82) is 0 Å². The predicted octanol–water partition coefficient (Wildman–Crippen LogP) is 1.84. The molecule has 0 spiro atoms. The van der Waals surface area contributed by atoms with Crippen molar-refractivity contribution in [3.05, 3.63) is 40.1 Å². The molecular formula is C12H10N2O5. The van der Waals surface area contributed by atoms with Crippen LogP contribution in [0.15, 0.2) is 24.4 Å². The number of carbonyl (C=O) groups is 2. The van der Waals surface area contributed by atoms with E-state index < -0.39 is 16.7 Å². The lowest BCUT2D eigenvalue weighted by molar-refractivity contribution is -0.383. The summed E-state index contributed by atoms with van der Waals surface area (Å²) in [5.41, 5.74) is 0.0484. The van der Waals surface area contributed by atoms with Crippen LogP contribution in [0.2, 0.25) is 0 Å². The van der Waals surface area contributed by atoms with Gasteiger partial charge in [-0.25, -0.2) is 4.79 Å². The van der Waals surface area contributed by atoms with Gasteiger partial charge >= 0.3 is 5.97 Å². The monoisotopic (exact) mass is 262 g/mol. The second-order valence-electron chi connectivity index (χ2n) is 3.89. The molecule has 0 aliphatic heterocycles. The molecule has 0 bridgehead atoms. The molecule has 0 amide bonds. The Morgan fingerprint density at radius 3 is 2.63 bits per heavy atom. The fourth-order valence-electron chi connectivity index (χ4n) is 2.03. The van der Waals surface area contributed by atoms with Gasteiger partial charge in [-0.2, -0.15) is 0 Å². The molecule has 0 fully saturated rings. The van der Waals surface area contributed by atoms with Gasteiger partial charge in [0.15, 0.2) is 0 Å². The zero-order chi connectivity index (χ0) is 14.2. The molecule has 1 heterocycles. The number of carbonyl (C=O) groups excluding carboxylic acids is 1. The highest BCUT2D eigenvalue weighted by Crippen LogP contribution is 2.30. The number of carboxylic acids is 1. The molecule has 0 saturated heterocycles. The van der Waals surface area contributed by atoms with Crippen LogP contribution in [0.25, 0.3) is 10.9 Å². The predicted molar refractivity (Wildman–Crippen MR) is 66.2 cm³/mol. The molecule has 1 aromatic heterocycles. The molecule has 0 aliphatic carbocycles. The van der Waals surface area contributed by atoms with Gasteiger partial charge in [0, 0.05) is 18.8 Å². The zero-order valence-corrected chi connectivity index (χ0v) is 9.99. The van der Waals surface area contributed by atoms with Crippen LogP contribution in [0, 0.1) is 10.1 Å². The maximum Gasteiger partial charge on any atom is 0.377 e. The summed E-state index contributed by atoms with van der Waals surface area (Å²) in [4.78, 5) is 32.8. The lowest BCUT2D eigenvalue weighted by atomic mass is 10.1. The van der Waals surface area contributed by atoms with Crippen LogP contribution in [-0.2, 0) is 11.3 Å². The molecule has 1 aromatic carbocycles. The third-order valence-corrected chi connectivity index (χ3v) is 2.86. The number of hydrogen-bond donors (Lipinski definition) is 1. The third kappa shape index (κ3) is 1.95. The first kappa shape index (κ1) is 12.7. The van der Waals surface area contributed by atoms with Crippen LogP contribution in [0.5, 0.6) is 0 Å². The smallest absolute Gasteiger partial charge is 0.377 e. The Balaban J connectivity index is 2.87. The number of nitrogens with zero attached hydrogens (tertiary/aromatic N) is 2. The number of ketones is 1. The van der Waals surface area contributed by atoms with E-state index in [9.17, 15) is 19.7 Å². The largest absolute Gasteiger partial charge is 0.475 e. The minimum absolute atomic E-state index is 0.0711. The van der Waals surface area contributed by atoms with Gasteiger partial charge < -0.3 is 9.67 Å². The highest BCUT2D eigenvalue weighted by molar-refractivity contribution is 6.42. The summed E-state index contributed by atoms with van der Waals surface area (Å²) in [7, 11) is 0. The number of carboxylic acid groups (broad SMARTS) is 1. The van der Waals surface area contributed by atoms with Crippen LogP contribution in [0.1, 0.15) is 17.3 Å². The Morgan fingerprint density at radius 2 is 2.11 bits per heavy atom. The maximum atomic E-state index is 11.6. The molecular weight excluding hydrogens is 252 g/mol. The molecule has 19 heavy (non-hydrogen) atoms. The molecule has 2 aromatic rings. The summed E-state index contributed by atoms with van der Waals surface area (Å²) < 4.78 is 1.61. The second-order valence-corrected chi connectivity index (χ2v) is 3.89. The topological polar surface area (TPSA) is 102 Å². The van der Waals surface area contributed by atoms with E-state index in [0.717, 1.165) is 0 Å². The average molecular weight is 262 g/mol. The highest BCUT2D eigenvalue weighted by atomic mass is 16.6. The molecule has 0 unspecified atom stereocenters. The van der Waals surface area contributed by atoms with E-state index in [1.54, 1.807) is 17.6 Å². The number of fused-ring (bicyclic) bond motifs is 1. The van der Waals surface area contributed by atoms with Gasteiger partial charge in [0.05, 0.1) is 21.4 Å². The Bertz CT molecular complexity index is 701. The quantitative estimate of drug-likeness (QED) is 0.392. The first-order valence-corrected chi connectivity index (χ1v) is 5.51. The first-order valence-electron chi connectivity index (χ1n) is 5.51. The number of non-ortho nitro benzene ring substituents is 1. The highest BCUT2D eigenvalue weighted by Gasteiger charge is 2.26. The van der Waals surface area contributed by atoms with Crippen molar-refractivity contribution in [3.8, 4) is 0 Å². The maximum absolute atomic E-state index is 11.6. The summed E-state index contributed by atoms with van der Waals surface area (Å²) in [6, 6.07) is 4.37. The summed E-state index contributed by atoms with van der Waals surface area (Å²) in [6.07, 6.45) is 1.34. The fraction of sp³-hybridized carbons (Fsp3) is 0.167. The number of nitro benzene ring substituents is 1. The van der Waals surface area contributed by atoms with Gasteiger partial charge in [-0.05, 0) is 13.0 Å². The molecule has 7 heteroatoms. The third-order valence-electron chi connectivity index (χ3n) is 2.86. The summed E-state index contributed by atoms with van der Waals surface area (Å²) in [5, 5.41) is 19.8. The molecule has 7 nitrogen and oxygen atoms in total. The Hall–Kier alpha value is -2.70. The molecule has 0 aliphatic rings. The molecule has 0 atom stereocenters. The van der Waals surface area contributed by atoms with E-state index in [2.05, 4.69) is 0 Å². The van der Waals surface area contributed by atoms with Gasteiger partial charge in [0.1, 0.15) is 0 Å². The van der Waals surface area contributed by atoms with Gasteiger partial charge in [-0.15, -0.1) is 0 Å². The lowest BCUT2D eigenvalue weighted by Crippen LogP contribution is -2.12. The summed E-state index contributed by atoms with van der Waals surface area (Å²) in [6.45, 7) is 2.28. The van der Waals surface area contributed by atoms with Crippen LogP contribution >= 0.6 is 0 Å². The van der Waals surface area contributed by atoms with Crippen molar-refractivity contribution < 1.29 is 19.6 Å². The van der Waals surface area contributed by atoms with E-state index >= 15 is 0 Å².